The molecular formula is C33H34ClFN6O2. The van der Waals surface area contributed by atoms with Gasteiger partial charge in [0.2, 0.25) is 5.95 Å². The van der Waals surface area contributed by atoms with Gasteiger partial charge in [0.15, 0.2) is 0 Å². The van der Waals surface area contributed by atoms with Crippen LogP contribution >= 0.6 is 11.6 Å². The summed E-state index contributed by atoms with van der Waals surface area (Å²) < 4.78 is 20.7. The first kappa shape index (κ1) is 30.1. The van der Waals surface area contributed by atoms with Crippen molar-refractivity contribution in [3.63, 3.8) is 0 Å². The number of anilines is 2. The van der Waals surface area contributed by atoms with E-state index in [4.69, 9.17) is 26.3 Å². The van der Waals surface area contributed by atoms with E-state index in [1.807, 2.05) is 35.2 Å². The molecule has 1 fully saturated rings. The fourth-order valence-electron chi connectivity index (χ4n) is 5.64. The molecule has 1 amide bonds. The number of aliphatic imine (C=N–C) groups is 1. The van der Waals surface area contributed by atoms with Crippen LogP contribution in [0.25, 0.3) is 11.3 Å². The summed E-state index contributed by atoms with van der Waals surface area (Å²) in [5, 5.41) is 7.20. The van der Waals surface area contributed by atoms with Gasteiger partial charge < -0.3 is 20.3 Å². The molecule has 4 aromatic rings. The van der Waals surface area contributed by atoms with E-state index in [-0.39, 0.29) is 37.5 Å². The number of piperazine rings is 1. The summed E-state index contributed by atoms with van der Waals surface area (Å²) in [5.74, 6) is 0.271. The van der Waals surface area contributed by atoms with Crippen LogP contribution in [0.5, 0.6) is 5.75 Å². The minimum Gasteiger partial charge on any atom is -0.496 e. The predicted molar refractivity (Wildman–Crippen MR) is 169 cm³/mol. The van der Waals surface area contributed by atoms with Crippen LogP contribution in [0.15, 0.2) is 71.9 Å². The third-order valence-electron chi connectivity index (χ3n) is 7.41. The maximum atomic E-state index is 15.2. The lowest BCUT2D eigenvalue weighted by atomic mass is 9.94. The largest absolute Gasteiger partial charge is 0.496 e. The third-order valence-corrected chi connectivity index (χ3v) is 7.64. The van der Waals surface area contributed by atoms with Crippen molar-refractivity contribution in [3.8, 4) is 17.0 Å². The first-order valence-corrected chi connectivity index (χ1v) is 14.1. The number of nitrogens with one attached hydrogen (secondary N) is 2. The number of amides is 1. The number of ether oxygens (including phenoxy) is 1. The highest BCUT2D eigenvalue weighted by Gasteiger charge is 2.27. The van der Waals surface area contributed by atoms with Gasteiger partial charge >= 0.3 is 0 Å². The van der Waals surface area contributed by atoms with E-state index < -0.39 is 5.82 Å². The molecule has 6 rings (SSSR count). The van der Waals surface area contributed by atoms with Crippen LogP contribution in [-0.4, -0.2) is 58.8 Å². The van der Waals surface area contributed by atoms with Gasteiger partial charge in [-0.15, -0.1) is 0 Å². The molecule has 43 heavy (non-hydrogen) atoms. The Labute approximate surface area is 256 Å². The van der Waals surface area contributed by atoms with E-state index in [2.05, 4.69) is 29.5 Å². The van der Waals surface area contributed by atoms with Crippen LogP contribution in [0.4, 0.5) is 16.0 Å². The summed E-state index contributed by atoms with van der Waals surface area (Å²) in [6.45, 7) is 5.70. The summed E-state index contributed by atoms with van der Waals surface area (Å²) in [5.41, 5.74) is 4.79. The molecule has 2 unspecified atom stereocenters. The lowest BCUT2D eigenvalue weighted by Crippen LogP contribution is -2.55. The molecule has 0 saturated carbocycles. The van der Waals surface area contributed by atoms with Gasteiger partial charge in [0.05, 0.1) is 30.6 Å². The SMILES string of the molecule is C.COc1cccc(F)c1C1=NCc2cnc(Nc3cccc(C(=O)N4CC(C)NC(C)C4)c3)nc2-c2ccc(Cl)cc21. The molecule has 0 spiro atoms. The fourth-order valence-corrected chi connectivity index (χ4v) is 5.81. The summed E-state index contributed by atoms with van der Waals surface area (Å²) in [6.07, 6.45) is 1.71. The van der Waals surface area contributed by atoms with Crippen LogP contribution in [0.1, 0.15) is 48.3 Å². The smallest absolute Gasteiger partial charge is 0.254 e. The maximum absolute atomic E-state index is 15.2. The molecule has 8 nitrogen and oxygen atoms in total. The Hall–Kier alpha value is -4.34. The van der Waals surface area contributed by atoms with E-state index in [1.165, 1.54) is 13.2 Å². The van der Waals surface area contributed by atoms with Crippen molar-refractivity contribution in [1.29, 1.82) is 0 Å². The van der Waals surface area contributed by atoms with Gasteiger partial charge in [-0.1, -0.05) is 37.2 Å². The number of rotatable bonds is 5. The van der Waals surface area contributed by atoms with Crippen molar-refractivity contribution in [2.75, 3.05) is 25.5 Å². The quantitative estimate of drug-likeness (QED) is 0.272. The second kappa shape index (κ2) is 12.5. The number of nitrogens with zero attached hydrogens (tertiary/aromatic N) is 4. The average Bonchev–Trinajstić information content (AvgIpc) is 3.12. The standard InChI is InChI=1S/C32H30ClFN6O2.CH4/c1-18-16-40(17-19(2)37-18)31(41)20-6-4-7-23(12-20)38-32-36-15-21-14-35-30(28-26(34)8-5-9-27(28)42-3)25-13-22(33)10-11-24(25)29(21)39-32;/h4-13,15,18-19,37H,14,16-17H2,1-3H3,(H,36,38,39);1H4. The monoisotopic (exact) mass is 600 g/mol. The summed E-state index contributed by atoms with van der Waals surface area (Å²) >= 11 is 6.41. The van der Waals surface area contributed by atoms with Gasteiger partial charge in [0, 0.05) is 64.3 Å². The topological polar surface area (TPSA) is 91.7 Å². The Morgan fingerprint density at radius 1 is 1.07 bits per heavy atom. The zero-order valence-electron chi connectivity index (χ0n) is 23.5. The number of carbonyl (C=O) groups is 1. The number of hydrogen-bond acceptors (Lipinski definition) is 7. The van der Waals surface area contributed by atoms with Crippen molar-refractivity contribution in [2.24, 2.45) is 4.99 Å². The van der Waals surface area contributed by atoms with Crippen LogP contribution in [0, 0.1) is 5.82 Å². The van der Waals surface area contributed by atoms with Crippen molar-refractivity contribution >= 4 is 34.9 Å². The van der Waals surface area contributed by atoms with E-state index in [9.17, 15) is 4.79 Å². The summed E-state index contributed by atoms with van der Waals surface area (Å²) in [6, 6.07) is 17.9. The molecule has 3 aromatic carbocycles. The zero-order valence-corrected chi connectivity index (χ0v) is 24.2. The van der Waals surface area contributed by atoms with Gasteiger partial charge in [0.25, 0.3) is 5.91 Å². The molecule has 3 heterocycles. The summed E-state index contributed by atoms with van der Waals surface area (Å²) in [7, 11) is 1.50. The van der Waals surface area contributed by atoms with Crippen LogP contribution < -0.4 is 15.4 Å². The number of aromatic nitrogens is 2. The van der Waals surface area contributed by atoms with E-state index in [1.54, 1.807) is 30.5 Å². The molecule has 10 heteroatoms. The first-order valence-electron chi connectivity index (χ1n) is 13.8. The minimum atomic E-state index is -0.447. The van der Waals surface area contributed by atoms with Gasteiger partial charge in [0.1, 0.15) is 11.6 Å². The number of methoxy groups -OCH3 is 1. The average molecular weight is 601 g/mol. The Morgan fingerprint density at radius 2 is 1.84 bits per heavy atom. The summed E-state index contributed by atoms with van der Waals surface area (Å²) in [4.78, 5) is 29.3. The number of hydrogen-bond donors (Lipinski definition) is 2. The zero-order chi connectivity index (χ0) is 29.4. The van der Waals surface area contributed by atoms with E-state index in [0.717, 1.165) is 11.1 Å². The minimum absolute atomic E-state index is 0. The van der Waals surface area contributed by atoms with Gasteiger partial charge in [-0.3, -0.25) is 9.79 Å². The predicted octanol–water partition coefficient (Wildman–Crippen LogP) is 6.50. The second-order valence-electron chi connectivity index (χ2n) is 10.6. The first-order chi connectivity index (χ1) is 20.3. The molecule has 1 saturated heterocycles. The van der Waals surface area contributed by atoms with E-state index in [0.29, 0.717) is 58.0 Å². The highest BCUT2D eigenvalue weighted by atomic mass is 35.5. The molecule has 0 bridgehead atoms. The Balaban J connectivity index is 0.00000368. The Morgan fingerprint density at radius 3 is 2.60 bits per heavy atom. The van der Waals surface area contributed by atoms with E-state index >= 15 is 4.39 Å². The highest BCUT2D eigenvalue weighted by molar-refractivity contribution is 6.31. The lowest BCUT2D eigenvalue weighted by molar-refractivity contribution is 0.0674. The number of carbonyl (C=O) groups excluding carboxylic acids is 1. The molecule has 2 atom stereocenters. The molecule has 0 aliphatic carbocycles. The number of fused-ring (bicyclic) bond motifs is 3. The molecular weight excluding hydrogens is 567 g/mol. The number of halogens is 2. The van der Waals surface area contributed by atoms with Crippen molar-refractivity contribution < 1.29 is 13.9 Å². The normalized spacial score (nSPS) is 17.5. The van der Waals surface area contributed by atoms with Crippen molar-refractivity contribution in [1.82, 2.24) is 20.2 Å². The fraction of sp³-hybridized carbons (Fsp3) is 0.273. The molecule has 2 aliphatic rings. The number of benzene rings is 3. The van der Waals surface area contributed by atoms with Gasteiger partial charge in [-0.05, 0) is 56.3 Å². The molecule has 1 aromatic heterocycles. The highest BCUT2D eigenvalue weighted by Crippen LogP contribution is 2.36. The Kier molecular flexibility index (Phi) is 8.75. The van der Waals surface area contributed by atoms with Gasteiger partial charge in [-0.2, -0.15) is 0 Å². The van der Waals surface area contributed by atoms with Crippen molar-refractivity contribution in [3.05, 3.63) is 100.0 Å². The van der Waals surface area contributed by atoms with Crippen LogP contribution in [-0.2, 0) is 6.54 Å². The molecule has 222 valence electrons. The Bertz CT molecular complexity index is 1700. The molecule has 0 radical (unpaired) electrons. The van der Waals surface area contributed by atoms with Crippen LogP contribution in [0.2, 0.25) is 5.02 Å². The molecule has 2 N–H and O–H groups in total. The lowest BCUT2D eigenvalue weighted by Gasteiger charge is -2.36. The second-order valence-corrected chi connectivity index (χ2v) is 11.1. The third kappa shape index (κ3) is 6.09. The maximum Gasteiger partial charge on any atom is 0.254 e. The van der Waals surface area contributed by atoms with Gasteiger partial charge in [-0.25, -0.2) is 14.4 Å². The van der Waals surface area contributed by atoms with Crippen LogP contribution in [0.3, 0.4) is 0 Å². The van der Waals surface area contributed by atoms with Crippen molar-refractivity contribution in [2.45, 2.75) is 39.9 Å². The molecule has 2 aliphatic heterocycles.